The lowest BCUT2D eigenvalue weighted by atomic mass is 10.2. The monoisotopic (exact) mass is 311 g/mol. The highest BCUT2D eigenvalue weighted by Gasteiger charge is 2.35. The summed E-state index contributed by atoms with van der Waals surface area (Å²) in [6.07, 6.45) is 0. The first-order chi connectivity index (χ1) is 8.46. The molecule has 1 rings (SSSR count). The van der Waals surface area contributed by atoms with Gasteiger partial charge in [0, 0.05) is 5.56 Å². The average Bonchev–Trinajstić information content (AvgIpc) is 2.32. The Morgan fingerprint density at radius 2 is 1.83 bits per heavy atom. The fourth-order valence-electron chi connectivity index (χ4n) is 1.48. The van der Waals surface area contributed by atoms with E-state index in [1.807, 2.05) is 0 Å². The van der Waals surface area contributed by atoms with Crippen LogP contribution in [0.4, 0.5) is 0 Å². The van der Waals surface area contributed by atoms with Crippen molar-refractivity contribution >= 4 is 30.8 Å². The Balaban J connectivity index is 3.13. The van der Waals surface area contributed by atoms with Gasteiger partial charge in [0.2, 0.25) is 0 Å². The molecule has 0 bridgehead atoms. The molecule has 7 heteroatoms. The SMILES string of the molecule is CCOP(=O)(OCC)[C@@H](N)c1cccc(Cl)c1Cl. The summed E-state index contributed by atoms with van der Waals surface area (Å²) in [5.74, 6) is -0.955. The Morgan fingerprint density at radius 1 is 1.28 bits per heavy atom. The van der Waals surface area contributed by atoms with Crippen LogP contribution in [-0.4, -0.2) is 13.2 Å². The molecule has 0 radical (unpaired) electrons. The first kappa shape index (κ1) is 16.0. The average molecular weight is 312 g/mol. The predicted octanol–water partition coefficient (Wildman–Crippen LogP) is 4.22. The maximum absolute atomic E-state index is 12.5. The molecule has 0 aliphatic carbocycles. The highest BCUT2D eigenvalue weighted by molar-refractivity contribution is 7.54. The summed E-state index contributed by atoms with van der Waals surface area (Å²) < 4.78 is 22.9. The highest BCUT2D eigenvalue weighted by Crippen LogP contribution is 2.59. The first-order valence-electron chi connectivity index (χ1n) is 5.54. The molecule has 0 aliphatic heterocycles. The summed E-state index contributed by atoms with van der Waals surface area (Å²) in [5.41, 5.74) is 6.41. The van der Waals surface area contributed by atoms with Crippen molar-refractivity contribution in [2.75, 3.05) is 13.2 Å². The minimum Gasteiger partial charge on any atom is -0.314 e. The van der Waals surface area contributed by atoms with E-state index >= 15 is 0 Å². The summed E-state index contributed by atoms with van der Waals surface area (Å²) in [4.78, 5) is 0. The zero-order chi connectivity index (χ0) is 13.8. The van der Waals surface area contributed by atoms with Crippen LogP contribution in [-0.2, 0) is 13.6 Å². The molecule has 0 amide bonds. The van der Waals surface area contributed by atoms with Gasteiger partial charge in [-0.3, -0.25) is 4.57 Å². The fraction of sp³-hybridized carbons (Fsp3) is 0.455. The van der Waals surface area contributed by atoms with Crippen LogP contribution in [0.5, 0.6) is 0 Å². The zero-order valence-electron chi connectivity index (χ0n) is 10.2. The fourth-order valence-corrected chi connectivity index (χ4v) is 3.65. The molecule has 4 nitrogen and oxygen atoms in total. The van der Waals surface area contributed by atoms with Crippen molar-refractivity contribution in [1.29, 1.82) is 0 Å². The second-order valence-corrected chi connectivity index (χ2v) is 6.40. The normalized spacial score (nSPS) is 13.6. The number of nitrogens with two attached hydrogens (primary N) is 1. The van der Waals surface area contributed by atoms with Crippen molar-refractivity contribution in [3.05, 3.63) is 33.8 Å². The van der Waals surface area contributed by atoms with Crippen molar-refractivity contribution in [2.24, 2.45) is 5.73 Å². The van der Waals surface area contributed by atoms with Crippen LogP contribution in [0.1, 0.15) is 25.2 Å². The standard InChI is InChI=1S/C11H16Cl2NO3P/c1-3-16-18(15,17-4-2)11(14)8-6-5-7-9(12)10(8)13/h5-7,11H,3-4,14H2,1-2H3/t11-/m1/s1. The molecule has 0 saturated heterocycles. The number of hydrogen-bond donors (Lipinski definition) is 1. The first-order valence-corrected chi connectivity index (χ1v) is 7.91. The minimum atomic E-state index is -3.44. The van der Waals surface area contributed by atoms with E-state index in [2.05, 4.69) is 0 Å². The van der Waals surface area contributed by atoms with Gasteiger partial charge in [-0.25, -0.2) is 0 Å². The second kappa shape index (κ2) is 6.90. The summed E-state index contributed by atoms with van der Waals surface area (Å²) >= 11 is 12.0. The van der Waals surface area contributed by atoms with E-state index in [1.54, 1.807) is 32.0 Å². The van der Waals surface area contributed by atoms with E-state index in [0.29, 0.717) is 10.6 Å². The van der Waals surface area contributed by atoms with Gasteiger partial charge in [0.25, 0.3) is 0 Å². The maximum atomic E-state index is 12.5. The van der Waals surface area contributed by atoms with E-state index < -0.39 is 13.4 Å². The molecular formula is C11H16Cl2NO3P. The van der Waals surface area contributed by atoms with Crippen molar-refractivity contribution < 1.29 is 13.6 Å². The van der Waals surface area contributed by atoms with Gasteiger partial charge in [-0.05, 0) is 19.9 Å². The molecule has 18 heavy (non-hydrogen) atoms. The van der Waals surface area contributed by atoms with Gasteiger partial charge in [-0.2, -0.15) is 0 Å². The summed E-state index contributed by atoms with van der Waals surface area (Å²) in [5, 5.41) is 0.621. The second-order valence-electron chi connectivity index (χ2n) is 3.46. The molecule has 0 saturated carbocycles. The predicted molar refractivity (Wildman–Crippen MR) is 74.2 cm³/mol. The van der Waals surface area contributed by atoms with Crippen LogP contribution in [0.3, 0.4) is 0 Å². The van der Waals surface area contributed by atoms with Crippen molar-refractivity contribution in [1.82, 2.24) is 0 Å². The molecule has 0 aromatic heterocycles. The van der Waals surface area contributed by atoms with Gasteiger partial charge >= 0.3 is 7.60 Å². The van der Waals surface area contributed by atoms with Crippen LogP contribution in [0.15, 0.2) is 18.2 Å². The van der Waals surface area contributed by atoms with Crippen LogP contribution in [0, 0.1) is 0 Å². The van der Waals surface area contributed by atoms with E-state index in [0.717, 1.165) is 0 Å². The Morgan fingerprint density at radius 3 is 2.33 bits per heavy atom. The molecular weight excluding hydrogens is 296 g/mol. The Kier molecular flexibility index (Phi) is 6.12. The Hall–Kier alpha value is -0.0900. The number of hydrogen-bond acceptors (Lipinski definition) is 4. The van der Waals surface area contributed by atoms with E-state index in [-0.39, 0.29) is 18.2 Å². The zero-order valence-corrected chi connectivity index (χ0v) is 12.6. The molecule has 1 atom stereocenters. The third kappa shape index (κ3) is 3.47. The number of halogens is 2. The minimum absolute atomic E-state index is 0.239. The van der Waals surface area contributed by atoms with Gasteiger partial charge in [0.05, 0.1) is 23.3 Å². The summed E-state index contributed by atoms with van der Waals surface area (Å²) in [7, 11) is -3.44. The van der Waals surface area contributed by atoms with Crippen molar-refractivity contribution in [3.8, 4) is 0 Å². The molecule has 0 aliphatic rings. The van der Waals surface area contributed by atoms with Crippen LogP contribution >= 0.6 is 30.8 Å². The van der Waals surface area contributed by atoms with Gasteiger partial charge in [-0.15, -0.1) is 0 Å². The van der Waals surface area contributed by atoms with E-state index in [1.165, 1.54) is 0 Å². The lowest BCUT2D eigenvalue weighted by Gasteiger charge is -2.24. The largest absolute Gasteiger partial charge is 0.351 e. The molecule has 0 unspecified atom stereocenters. The highest BCUT2D eigenvalue weighted by atomic mass is 35.5. The lowest BCUT2D eigenvalue weighted by molar-refractivity contribution is 0.212. The molecule has 102 valence electrons. The molecule has 0 fully saturated rings. The number of benzene rings is 1. The Labute approximate surface area is 117 Å². The topological polar surface area (TPSA) is 61.5 Å². The summed E-state index contributed by atoms with van der Waals surface area (Å²) in [6, 6.07) is 4.97. The lowest BCUT2D eigenvalue weighted by Crippen LogP contribution is -2.15. The van der Waals surface area contributed by atoms with Gasteiger partial charge in [0.1, 0.15) is 5.78 Å². The molecule has 1 aromatic rings. The van der Waals surface area contributed by atoms with Crippen molar-refractivity contribution in [3.63, 3.8) is 0 Å². The number of rotatable bonds is 6. The van der Waals surface area contributed by atoms with Crippen LogP contribution in [0.25, 0.3) is 0 Å². The molecule has 2 N–H and O–H groups in total. The van der Waals surface area contributed by atoms with Crippen LogP contribution in [0.2, 0.25) is 10.0 Å². The summed E-state index contributed by atoms with van der Waals surface area (Å²) in [6.45, 7) is 3.92. The molecule has 0 spiro atoms. The molecule has 0 heterocycles. The van der Waals surface area contributed by atoms with Gasteiger partial charge < -0.3 is 14.8 Å². The smallest absolute Gasteiger partial charge is 0.314 e. The third-order valence-electron chi connectivity index (χ3n) is 2.26. The maximum Gasteiger partial charge on any atom is 0.351 e. The Bertz CT molecular complexity index is 446. The van der Waals surface area contributed by atoms with Gasteiger partial charge in [-0.1, -0.05) is 35.3 Å². The molecule has 1 aromatic carbocycles. The third-order valence-corrected chi connectivity index (χ3v) is 5.29. The van der Waals surface area contributed by atoms with Crippen LogP contribution < -0.4 is 5.73 Å². The van der Waals surface area contributed by atoms with Crippen molar-refractivity contribution in [2.45, 2.75) is 19.6 Å². The van der Waals surface area contributed by atoms with E-state index in [4.69, 9.17) is 38.0 Å². The van der Waals surface area contributed by atoms with Gasteiger partial charge in [0.15, 0.2) is 0 Å². The quantitative estimate of drug-likeness (QED) is 0.799. The van der Waals surface area contributed by atoms with E-state index in [9.17, 15) is 4.57 Å².